The van der Waals surface area contributed by atoms with E-state index in [1.54, 1.807) is 0 Å². The van der Waals surface area contributed by atoms with Crippen LogP contribution < -0.4 is 10.2 Å². The van der Waals surface area contributed by atoms with E-state index < -0.39 is 0 Å². The van der Waals surface area contributed by atoms with Gasteiger partial charge in [-0.15, -0.1) is 0 Å². The fourth-order valence-corrected chi connectivity index (χ4v) is 4.18. The van der Waals surface area contributed by atoms with Crippen molar-refractivity contribution in [3.8, 4) is 0 Å². The van der Waals surface area contributed by atoms with Crippen LogP contribution in [0, 0.1) is 6.92 Å². The maximum atomic E-state index is 4.37. The second-order valence-electron chi connectivity index (χ2n) is 8.13. The van der Waals surface area contributed by atoms with Crippen molar-refractivity contribution < 1.29 is 0 Å². The summed E-state index contributed by atoms with van der Waals surface area (Å²) in [5.41, 5.74) is 3.95. The molecule has 26 heavy (non-hydrogen) atoms. The fourth-order valence-electron chi connectivity index (χ4n) is 4.18. The molecule has 2 fully saturated rings. The van der Waals surface area contributed by atoms with Gasteiger partial charge in [0.2, 0.25) is 0 Å². The zero-order valence-corrected chi connectivity index (χ0v) is 16.2. The van der Waals surface area contributed by atoms with Gasteiger partial charge in [0.1, 0.15) is 0 Å². The molecule has 2 aromatic rings. The Morgan fingerprint density at radius 3 is 2.50 bits per heavy atom. The lowest BCUT2D eigenvalue weighted by Gasteiger charge is -2.39. The second-order valence-corrected chi connectivity index (χ2v) is 8.13. The second kappa shape index (κ2) is 7.31. The molecule has 1 aromatic heterocycles. The lowest BCUT2D eigenvalue weighted by atomic mass is 9.86. The first-order chi connectivity index (χ1) is 12.6. The molecule has 0 atom stereocenters. The van der Waals surface area contributed by atoms with Gasteiger partial charge >= 0.3 is 0 Å². The summed E-state index contributed by atoms with van der Waals surface area (Å²) in [4.78, 5) is 5.10. The first-order valence-corrected chi connectivity index (χ1v) is 9.95. The van der Waals surface area contributed by atoms with Gasteiger partial charge in [-0.2, -0.15) is 5.10 Å². The number of aryl methyl sites for hydroxylation is 1. The Morgan fingerprint density at radius 1 is 1.08 bits per heavy atom. The summed E-state index contributed by atoms with van der Waals surface area (Å²) in [7, 11) is 0. The summed E-state index contributed by atoms with van der Waals surface area (Å²) in [6.07, 6.45) is 6.24. The lowest BCUT2D eigenvalue weighted by Crippen LogP contribution is -2.48. The van der Waals surface area contributed by atoms with Gasteiger partial charge in [-0.05, 0) is 63.4 Å². The van der Waals surface area contributed by atoms with Crippen LogP contribution in [0.1, 0.15) is 38.3 Å². The van der Waals surface area contributed by atoms with Crippen LogP contribution in [0.5, 0.6) is 0 Å². The minimum absolute atomic E-state index is 0.552. The molecule has 1 N–H and O–H groups in total. The van der Waals surface area contributed by atoms with Gasteiger partial charge < -0.3 is 10.2 Å². The molecule has 0 bridgehead atoms. The Bertz CT molecular complexity index is 710. The van der Waals surface area contributed by atoms with Crippen LogP contribution in [0.4, 0.5) is 11.4 Å². The third-order valence-corrected chi connectivity index (χ3v) is 5.85. The molecule has 0 radical (unpaired) electrons. The van der Waals surface area contributed by atoms with Crippen molar-refractivity contribution in [1.29, 1.82) is 0 Å². The van der Waals surface area contributed by atoms with E-state index in [4.69, 9.17) is 0 Å². The van der Waals surface area contributed by atoms with Crippen molar-refractivity contribution in [3.05, 3.63) is 42.2 Å². The number of benzene rings is 1. The quantitative estimate of drug-likeness (QED) is 0.892. The SMILES string of the molecule is Cc1cc(NC2CC(n3cccn3)C2)cc(N2CCN(C(C)C)CC2)c1. The highest BCUT2D eigenvalue weighted by Gasteiger charge is 2.30. The van der Waals surface area contributed by atoms with Crippen LogP contribution in [-0.4, -0.2) is 52.9 Å². The molecule has 4 rings (SSSR count). The van der Waals surface area contributed by atoms with Gasteiger partial charge in [0.15, 0.2) is 0 Å². The minimum Gasteiger partial charge on any atom is -0.382 e. The van der Waals surface area contributed by atoms with E-state index in [9.17, 15) is 0 Å². The molecule has 2 heterocycles. The average molecular weight is 354 g/mol. The smallest absolute Gasteiger partial charge is 0.0558 e. The third-order valence-electron chi connectivity index (χ3n) is 5.85. The van der Waals surface area contributed by atoms with Gasteiger partial charge in [0, 0.05) is 62.0 Å². The van der Waals surface area contributed by atoms with E-state index >= 15 is 0 Å². The van der Waals surface area contributed by atoms with Crippen molar-refractivity contribution in [2.45, 2.75) is 51.7 Å². The van der Waals surface area contributed by atoms with E-state index in [-0.39, 0.29) is 0 Å². The Hall–Kier alpha value is -2.01. The summed E-state index contributed by atoms with van der Waals surface area (Å²) in [6.45, 7) is 11.3. The number of aromatic nitrogens is 2. The van der Waals surface area contributed by atoms with Crippen molar-refractivity contribution in [2.24, 2.45) is 0 Å². The van der Waals surface area contributed by atoms with E-state index in [1.807, 2.05) is 12.3 Å². The molecule has 0 unspecified atom stereocenters. The number of nitrogens with one attached hydrogen (secondary N) is 1. The molecule has 5 heteroatoms. The van der Waals surface area contributed by atoms with Gasteiger partial charge in [0.25, 0.3) is 0 Å². The number of hydrogen-bond acceptors (Lipinski definition) is 4. The zero-order valence-electron chi connectivity index (χ0n) is 16.2. The molecule has 1 saturated heterocycles. The molecule has 1 aliphatic heterocycles. The first-order valence-electron chi connectivity index (χ1n) is 9.95. The maximum absolute atomic E-state index is 4.37. The summed E-state index contributed by atoms with van der Waals surface area (Å²) in [6, 6.07) is 10.7. The van der Waals surface area contributed by atoms with E-state index in [0.717, 1.165) is 39.0 Å². The molecule has 140 valence electrons. The van der Waals surface area contributed by atoms with Crippen molar-refractivity contribution in [3.63, 3.8) is 0 Å². The van der Waals surface area contributed by atoms with Gasteiger partial charge in [-0.3, -0.25) is 9.58 Å². The Kier molecular flexibility index (Phi) is 4.90. The van der Waals surface area contributed by atoms with Crippen LogP contribution in [0.3, 0.4) is 0 Å². The summed E-state index contributed by atoms with van der Waals surface area (Å²) in [5.74, 6) is 0. The number of anilines is 2. The minimum atomic E-state index is 0.552. The normalized spacial score (nSPS) is 23.9. The van der Waals surface area contributed by atoms with Gasteiger partial charge in [-0.25, -0.2) is 0 Å². The Morgan fingerprint density at radius 2 is 1.85 bits per heavy atom. The standard InChI is InChI=1S/C21H31N5/c1-16(2)24-7-9-25(10-8-24)20-12-17(3)11-18(13-20)23-19-14-21(15-19)26-6-4-5-22-26/h4-6,11-13,16,19,21,23H,7-10,14-15H2,1-3H3. The third kappa shape index (κ3) is 3.73. The van der Waals surface area contributed by atoms with E-state index in [1.165, 1.54) is 16.9 Å². The topological polar surface area (TPSA) is 36.3 Å². The van der Waals surface area contributed by atoms with E-state index in [0.29, 0.717) is 18.1 Å². The van der Waals surface area contributed by atoms with Crippen LogP contribution in [-0.2, 0) is 0 Å². The molecule has 5 nitrogen and oxygen atoms in total. The maximum Gasteiger partial charge on any atom is 0.0558 e. The highest BCUT2D eigenvalue weighted by atomic mass is 15.3. The largest absolute Gasteiger partial charge is 0.382 e. The molecular formula is C21H31N5. The van der Waals surface area contributed by atoms with Gasteiger partial charge in [0.05, 0.1) is 6.04 Å². The molecule has 1 aromatic carbocycles. The molecule has 1 aliphatic carbocycles. The van der Waals surface area contributed by atoms with Crippen LogP contribution in [0.2, 0.25) is 0 Å². The molecule has 1 saturated carbocycles. The lowest BCUT2D eigenvalue weighted by molar-refractivity contribution is 0.209. The highest BCUT2D eigenvalue weighted by Crippen LogP contribution is 2.34. The summed E-state index contributed by atoms with van der Waals surface area (Å²) in [5, 5.41) is 8.11. The molecule has 0 amide bonds. The fraction of sp³-hybridized carbons (Fsp3) is 0.571. The predicted octanol–water partition coefficient (Wildman–Crippen LogP) is 3.54. The predicted molar refractivity (Wildman–Crippen MR) is 108 cm³/mol. The Balaban J connectivity index is 1.36. The number of piperazine rings is 1. The van der Waals surface area contributed by atoms with Crippen LogP contribution >= 0.6 is 0 Å². The number of rotatable bonds is 5. The zero-order chi connectivity index (χ0) is 18.1. The van der Waals surface area contributed by atoms with Crippen molar-refractivity contribution in [1.82, 2.24) is 14.7 Å². The summed E-state index contributed by atoms with van der Waals surface area (Å²) < 4.78 is 2.09. The highest BCUT2D eigenvalue weighted by molar-refractivity contribution is 5.61. The first kappa shape index (κ1) is 17.4. The average Bonchev–Trinajstić information content (AvgIpc) is 3.11. The summed E-state index contributed by atoms with van der Waals surface area (Å²) >= 11 is 0. The molecule has 0 spiro atoms. The van der Waals surface area contributed by atoms with Gasteiger partial charge in [-0.1, -0.05) is 0 Å². The molecular weight excluding hydrogens is 322 g/mol. The van der Waals surface area contributed by atoms with Crippen molar-refractivity contribution in [2.75, 3.05) is 36.4 Å². The van der Waals surface area contributed by atoms with Crippen LogP contribution in [0.25, 0.3) is 0 Å². The van der Waals surface area contributed by atoms with Crippen molar-refractivity contribution >= 4 is 11.4 Å². The van der Waals surface area contributed by atoms with E-state index in [2.05, 4.69) is 70.1 Å². The molecule has 2 aliphatic rings. The Labute approximate surface area is 157 Å². The number of hydrogen-bond donors (Lipinski definition) is 1. The monoisotopic (exact) mass is 353 g/mol. The van der Waals surface area contributed by atoms with Crippen LogP contribution in [0.15, 0.2) is 36.7 Å². The number of nitrogens with zero attached hydrogens (tertiary/aromatic N) is 4.